The molecular weight excluding hydrogens is 366 g/mol. The fourth-order valence-corrected chi connectivity index (χ4v) is 3.98. The zero-order chi connectivity index (χ0) is 20.1. The maximum Gasteiger partial charge on any atom is 0.246 e. The van der Waals surface area contributed by atoms with Gasteiger partial charge in [0.15, 0.2) is 0 Å². The molecule has 0 saturated heterocycles. The number of benzene rings is 2. The second kappa shape index (κ2) is 9.13. The van der Waals surface area contributed by atoms with E-state index in [9.17, 15) is 4.79 Å². The van der Waals surface area contributed by atoms with Gasteiger partial charge in [0.2, 0.25) is 5.91 Å². The molecule has 0 bridgehead atoms. The highest BCUT2D eigenvalue weighted by Crippen LogP contribution is 2.25. The van der Waals surface area contributed by atoms with E-state index in [4.69, 9.17) is 0 Å². The number of likely N-dealkylation sites (N-methyl/N-ethyl adjacent to an activating group) is 1. The van der Waals surface area contributed by atoms with Crippen molar-refractivity contribution in [2.24, 2.45) is 0 Å². The minimum atomic E-state index is -0.395. The molecule has 1 aromatic heterocycles. The lowest BCUT2D eigenvalue weighted by Crippen LogP contribution is -2.34. The number of anilines is 1. The van der Waals surface area contributed by atoms with Crippen LogP contribution < -0.4 is 5.32 Å². The molecule has 0 spiro atoms. The van der Waals surface area contributed by atoms with Crippen LogP contribution in [0.3, 0.4) is 0 Å². The highest BCUT2D eigenvalue weighted by atomic mass is 32.1. The van der Waals surface area contributed by atoms with E-state index in [-0.39, 0.29) is 5.91 Å². The Labute approximate surface area is 171 Å². The number of aromatic nitrogens is 1. The maximum atomic E-state index is 13.3. The van der Waals surface area contributed by atoms with Crippen molar-refractivity contribution in [1.82, 2.24) is 9.88 Å². The van der Waals surface area contributed by atoms with Crippen LogP contribution in [0, 0.1) is 13.8 Å². The minimum absolute atomic E-state index is 0.0339. The van der Waals surface area contributed by atoms with Gasteiger partial charge in [-0.15, -0.1) is 11.3 Å². The molecule has 0 radical (unpaired) electrons. The Morgan fingerprint density at radius 1 is 1.18 bits per heavy atom. The Morgan fingerprint density at radius 2 is 1.93 bits per heavy atom. The lowest BCUT2D eigenvalue weighted by Gasteiger charge is -2.27. The van der Waals surface area contributed by atoms with Crippen LogP contribution >= 0.6 is 11.3 Å². The number of rotatable bonds is 7. The van der Waals surface area contributed by atoms with Gasteiger partial charge in [-0.25, -0.2) is 4.98 Å². The Hall–Kier alpha value is -2.50. The normalized spacial score (nSPS) is 12.2. The summed E-state index contributed by atoms with van der Waals surface area (Å²) in [5, 5.41) is 6.34. The number of hydrogen-bond acceptors (Lipinski definition) is 4. The van der Waals surface area contributed by atoms with Crippen molar-refractivity contribution in [2.75, 3.05) is 12.4 Å². The van der Waals surface area contributed by atoms with E-state index in [0.717, 1.165) is 39.5 Å². The molecule has 1 atom stereocenters. The molecule has 0 aliphatic heterocycles. The quantitative estimate of drug-likeness (QED) is 0.605. The van der Waals surface area contributed by atoms with Crippen LogP contribution in [0.4, 0.5) is 5.69 Å². The van der Waals surface area contributed by atoms with Crippen LogP contribution in [0.1, 0.15) is 40.4 Å². The van der Waals surface area contributed by atoms with Gasteiger partial charge in [0.1, 0.15) is 6.04 Å². The molecule has 0 fully saturated rings. The first-order valence-electron chi connectivity index (χ1n) is 9.54. The lowest BCUT2D eigenvalue weighted by molar-refractivity contribution is -0.121. The molecule has 1 heterocycles. The Kier molecular flexibility index (Phi) is 6.60. The second-order valence-corrected chi connectivity index (χ2v) is 8.06. The third-order valence-electron chi connectivity index (χ3n) is 4.77. The van der Waals surface area contributed by atoms with Crippen molar-refractivity contribution in [3.63, 3.8) is 0 Å². The average molecular weight is 394 g/mol. The summed E-state index contributed by atoms with van der Waals surface area (Å²) in [6.45, 7) is 6.77. The predicted molar refractivity (Wildman–Crippen MR) is 117 cm³/mol. The molecule has 146 valence electrons. The van der Waals surface area contributed by atoms with Crippen LogP contribution in [0.2, 0.25) is 0 Å². The monoisotopic (exact) mass is 393 g/mol. The van der Waals surface area contributed by atoms with E-state index in [2.05, 4.69) is 33.6 Å². The topological polar surface area (TPSA) is 45.2 Å². The number of carbonyl (C=O) groups is 1. The van der Waals surface area contributed by atoms with Gasteiger partial charge < -0.3 is 5.32 Å². The molecule has 0 aliphatic rings. The Balaban J connectivity index is 1.86. The molecule has 28 heavy (non-hydrogen) atoms. The summed E-state index contributed by atoms with van der Waals surface area (Å²) in [5.74, 6) is -0.0339. The number of carbonyl (C=O) groups excluding carboxylic acids is 1. The number of amides is 1. The third-order valence-corrected chi connectivity index (χ3v) is 5.81. The fraction of sp³-hybridized carbons (Fsp3) is 0.304. The molecule has 0 saturated carbocycles. The molecular formula is C23H27N3OS. The summed E-state index contributed by atoms with van der Waals surface area (Å²) < 4.78 is 0. The number of nitrogens with one attached hydrogen (secondary N) is 1. The van der Waals surface area contributed by atoms with Gasteiger partial charge in [-0.05, 0) is 50.1 Å². The van der Waals surface area contributed by atoms with Crippen molar-refractivity contribution in [3.05, 3.63) is 81.3 Å². The molecule has 1 unspecified atom stereocenters. The van der Waals surface area contributed by atoms with Crippen LogP contribution in [-0.2, 0) is 17.8 Å². The molecule has 4 nitrogen and oxygen atoms in total. The van der Waals surface area contributed by atoms with E-state index < -0.39 is 6.04 Å². The summed E-state index contributed by atoms with van der Waals surface area (Å²) >= 11 is 1.68. The number of aryl methyl sites for hydroxylation is 3. The van der Waals surface area contributed by atoms with E-state index in [1.54, 1.807) is 11.3 Å². The number of thiazole rings is 1. The highest BCUT2D eigenvalue weighted by Gasteiger charge is 2.26. The second-order valence-electron chi connectivity index (χ2n) is 7.12. The summed E-state index contributed by atoms with van der Waals surface area (Å²) in [6.07, 6.45) is 0.934. The first-order chi connectivity index (χ1) is 13.5. The van der Waals surface area contributed by atoms with E-state index in [1.807, 2.05) is 63.4 Å². The van der Waals surface area contributed by atoms with Crippen molar-refractivity contribution in [3.8, 4) is 0 Å². The third kappa shape index (κ3) is 4.86. The maximum absolute atomic E-state index is 13.3. The largest absolute Gasteiger partial charge is 0.324 e. The van der Waals surface area contributed by atoms with Gasteiger partial charge in [-0.1, -0.05) is 49.4 Å². The van der Waals surface area contributed by atoms with Crippen molar-refractivity contribution in [1.29, 1.82) is 0 Å². The summed E-state index contributed by atoms with van der Waals surface area (Å²) in [5.41, 5.74) is 5.02. The van der Waals surface area contributed by atoms with Crippen LogP contribution in [0.25, 0.3) is 0 Å². The Bertz CT molecular complexity index is 936. The summed E-state index contributed by atoms with van der Waals surface area (Å²) in [7, 11) is 1.98. The van der Waals surface area contributed by atoms with Gasteiger partial charge in [-0.3, -0.25) is 9.69 Å². The minimum Gasteiger partial charge on any atom is -0.324 e. The standard InChI is InChI=1S/C23H27N3OS/c1-5-21-24-19(15-28-21)14-26(4)22(18-9-7-6-8-10-18)23(27)25-20-13-16(2)11-12-17(20)3/h6-13,15,22H,5,14H2,1-4H3,(H,25,27). The Morgan fingerprint density at radius 3 is 2.61 bits per heavy atom. The summed E-state index contributed by atoms with van der Waals surface area (Å²) in [4.78, 5) is 20.0. The zero-order valence-electron chi connectivity index (χ0n) is 16.9. The molecule has 3 aromatic rings. The summed E-state index contributed by atoms with van der Waals surface area (Å²) in [6, 6.07) is 15.6. The molecule has 5 heteroatoms. The first kappa shape index (κ1) is 20.2. The first-order valence-corrected chi connectivity index (χ1v) is 10.4. The van der Waals surface area contributed by atoms with Gasteiger partial charge >= 0.3 is 0 Å². The van der Waals surface area contributed by atoms with Crippen LogP contribution in [-0.4, -0.2) is 22.8 Å². The predicted octanol–water partition coefficient (Wildman–Crippen LogP) is 5.13. The molecule has 0 aliphatic carbocycles. The van der Waals surface area contributed by atoms with Gasteiger partial charge in [-0.2, -0.15) is 0 Å². The average Bonchev–Trinajstić information content (AvgIpc) is 3.13. The molecule has 1 N–H and O–H groups in total. The molecule has 2 aromatic carbocycles. The lowest BCUT2D eigenvalue weighted by atomic mass is 10.0. The molecule has 3 rings (SSSR count). The highest BCUT2D eigenvalue weighted by molar-refractivity contribution is 7.09. The number of hydrogen-bond donors (Lipinski definition) is 1. The van der Waals surface area contributed by atoms with Gasteiger partial charge in [0, 0.05) is 17.6 Å². The van der Waals surface area contributed by atoms with Crippen molar-refractivity contribution < 1.29 is 4.79 Å². The van der Waals surface area contributed by atoms with Crippen LogP contribution in [0.5, 0.6) is 0 Å². The van der Waals surface area contributed by atoms with Crippen molar-refractivity contribution in [2.45, 2.75) is 39.8 Å². The fourth-order valence-electron chi connectivity index (χ4n) is 3.24. The van der Waals surface area contributed by atoms with Crippen molar-refractivity contribution >= 4 is 22.9 Å². The van der Waals surface area contributed by atoms with Gasteiger partial charge in [0.05, 0.1) is 10.7 Å². The van der Waals surface area contributed by atoms with E-state index in [1.165, 1.54) is 0 Å². The smallest absolute Gasteiger partial charge is 0.246 e. The van der Waals surface area contributed by atoms with Crippen LogP contribution in [0.15, 0.2) is 53.9 Å². The number of nitrogens with zero attached hydrogens (tertiary/aromatic N) is 2. The SMILES string of the molecule is CCc1nc(CN(C)C(C(=O)Nc2cc(C)ccc2C)c2ccccc2)cs1. The van der Waals surface area contributed by atoms with Gasteiger partial charge in [0.25, 0.3) is 0 Å². The zero-order valence-corrected chi connectivity index (χ0v) is 17.7. The van der Waals surface area contributed by atoms with E-state index >= 15 is 0 Å². The van der Waals surface area contributed by atoms with E-state index in [0.29, 0.717) is 6.54 Å². The molecule has 1 amide bonds.